The van der Waals surface area contributed by atoms with Crippen LogP contribution < -0.4 is 0 Å². The Morgan fingerprint density at radius 3 is 1.67 bits per heavy atom. The monoisotopic (exact) mass is 142 g/mol. The van der Waals surface area contributed by atoms with Gasteiger partial charge in [-0.2, -0.15) is 0 Å². The smallest absolute Gasteiger partial charge is 0.481 e. The predicted octanol–water partition coefficient (Wildman–Crippen LogP) is 0.0152. The molecule has 0 rings (SSSR count). The zero-order valence-corrected chi connectivity index (χ0v) is 6.19. The van der Waals surface area contributed by atoms with E-state index in [1.165, 1.54) is 0 Å². The van der Waals surface area contributed by atoms with Gasteiger partial charge in [-0.05, 0) is 0 Å². The molecule has 0 saturated carbocycles. The molecular formula is H4O3P2Si. The molecule has 0 aromatic carbocycles. The molecule has 36 valence electrons. The Morgan fingerprint density at radius 2 is 1.67 bits per heavy atom. The lowest BCUT2D eigenvalue weighted by atomic mass is 15.7. The first-order valence-corrected chi connectivity index (χ1v) is 3.25. The van der Waals surface area contributed by atoms with E-state index in [-0.39, 0.29) is 0 Å². The van der Waals surface area contributed by atoms with Gasteiger partial charge in [0.05, 0.1) is 0 Å². The predicted molar refractivity (Wildman–Crippen MR) is 28.0 cm³/mol. The molecule has 0 radical (unpaired) electrons. The highest BCUT2D eigenvalue weighted by Gasteiger charge is 2.01. The Morgan fingerprint density at radius 1 is 1.33 bits per heavy atom. The summed E-state index contributed by atoms with van der Waals surface area (Å²) in [6.45, 7) is 0. The van der Waals surface area contributed by atoms with Crippen molar-refractivity contribution in [3.8, 4) is 0 Å². The summed E-state index contributed by atoms with van der Waals surface area (Å²) in [7, 11) is 1.47. The molecule has 0 spiro atoms. The van der Waals surface area contributed by atoms with Crippen LogP contribution in [0, 0.1) is 0 Å². The van der Waals surface area contributed by atoms with Crippen molar-refractivity contribution in [3.63, 3.8) is 0 Å². The molecule has 2 atom stereocenters. The quantitative estimate of drug-likeness (QED) is 0.402. The molecule has 0 bridgehead atoms. The summed E-state index contributed by atoms with van der Waals surface area (Å²) in [5, 5.41) is 0. The van der Waals surface area contributed by atoms with E-state index in [4.69, 9.17) is 0 Å². The third kappa shape index (κ3) is 2.70. The largest absolute Gasteiger partial charge is 0.772 e. The van der Waals surface area contributed by atoms with Gasteiger partial charge in [0.25, 0.3) is 0 Å². The molecule has 2 unspecified atom stereocenters. The Balaban J connectivity index is 2.99. The zero-order chi connectivity index (χ0) is 4.99. The Kier molecular flexibility index (Phi) is 3.95. The second kappa shape index (κ2) is 3.66. The van der Waals surface area contributed by atoms with Crippen molar-refractivity contribution in [2.75, 3.05) is 0 Å². The molecular weight excluding hydrogens is 138 g/mol. The fourth-order valence-electron chi connectivity index (χ4n) is 0.0278. The molecule has 0 saturated heterocycles. The first kappa shape index (κ1) is 6.48. The summed E-state index contributed by atoms with van der Waals surface area (Å²) in [4.78, 5) is 0. The maximum atomic E-state index is 9.88. The van der Waals surface area contributed by atoms with Crippen molar-refractivity contribution < 1.29 is 12.9 Å². The molecule has 0 heterocycles. The molecule has 0 aliphatic heterocycles. The lowest BCUT2D eigenvalue weighted by Gasteiger charge is -1.87. The number of hydrogen-bond donors (Lipinski definition) is 0. The van der Waals surface area contributed by atoms with E-state index in [9.17, 15) is 4.46 Å². The van der Waals surface area contributed by atoms with Crippen molar-refractivity contribution in [2.45, 2.75) is 0 Å². The van der Waals surface area contributed by atoms with E-state index >= 15 is 0 Å². The molecule has 3 nitrogen and oxygen atoms in total. The van der Waals surface area contributed by atoms with E-state index in [1.54, 1.807) is 0 Å². The number of rotatable bonds is 2. The van der Waals surface area contributed by atoms with Crippen LogP contribution in [0.25, 0.3) is 0 Å². The van der Waals surface area contributed by atoms with Crippen molar-refractivity contribution >= 4 is 28.1 Å². The highest BCUT2D eigenvalue weighted by Crippen LogP contribution is 1.89. The van der Waals surface area contributed by atoms with Gasteiger partial charge in [-0.3, -0.25) is 4.46 Å². The third-order valence-corrected chi connectivity index (χ3v) is 1.73. The molecule has 0 fully saturated rings. The highest BCUT2D eigenvalue weighted by molar-refractivity contribution is 7.14. The van der Waals surface area contributed by atoms with Crippen molar-refractivity contribution in [3.05, 3.63) is 0 Å². The average Bonchev–Trinajstić information content (AvgIpc) is 1.65. The van der Waals surface area contributed by atoms with Crippen molar-refractivity contribution in [2.24, 2.45) is 0 Å². The van der Waals surface area contributed by atoms with Gasteiger partial charge in [0.1, 0.15) is 0 Å². The zero-order valence-electron chi connectivity index (χ0n) is 2.88. The fourth-order valence-corrected chi connectivity index (χ4v) is 0.750. The minimum Gasteiger partial charge on any atom is -0.481 e. The van der Waals surface area contributed by atoms with Gasteiger partial charge >= 0.3 is 9.17 Å². The number of hydrogen-bond acceptors (Lipinski definition) is 3. The first-order chi connectivity index (χ1) is 2.81. The van der Waals surface area contributed by atoms with Crippen LogP contribution in [0.1, 0.15) is 0 Å². The maximum Gasteiger partial charge on any atom is 0.772 e. The van der Waals surface area contributed by atoms with Crippen LogP contribution in [0.2, 0.25) is 0 Å². The van der Waals surface area contributed by atoms with Crippen molar-refractivity contribution in [1.82, 2.24) is 0 Å². The lowest BCUT2D eigenvalue weighted by Crippen LogP contribution is -1.96. The van der Waals surface area contributed by atoms with Gasteiger partial charge in [0.15, 0.2) is 0 Å². The molecule has 6 heavy (non-hydrogen) atoms. The topological polar surface area (TPSA) is 35.5 Å². The summed E-state index contributed by atoms with van der Waals surface area (Å²) in [6, 6.07) is 0. The van der Waals surface area contributed by atoms with E-state index in [0.717, 1.165) is 0 Å². The Labute approximate surface area is 41.9 Å². The highest BCUT2D eigenvalue weighted by atomic mass is 31.0. The molecule has 0 aliphatic carbocycles. The van der Waals surface area contributed by atoms with Crippen LogP contribution in [0.15, 0.2) is 0 Å². The van der Waals surface area contributed by atoms with Crippen LogP contribution in [0.4, 0.5) is 0 Å². The summed E-state index contributed by atoms with van der Waals surface area (Å²) in [5.41, 5.74) is 0. The molecule has 0 N–H and O–H groups in total. The van der Waals surface area contributed by atoms with Gasteiger partial charge < -0.3 is 8.43 Å². The van der Waals surface area contributed by atoms with Gasteiger partial charge in [-0.1, -0.05) is 0 Å². The SMILES string of the molecule is O=[Si](OP)OP. The molecule has 0 aromatic rings. The van der Waals surface area contributed by atoms with Crippen LogP contribution >= 0.6 is 18.9 Å². The first-order valence-electron chi connectivity index (χ1n) is 1.08. The average molecular weight is 142 g/mol. The van der Waals surface area contributed by atoms with E-state index in [0.29, 0.717) is 0 Å². The summed E-state index contributed by atoms with van der Waals surface area (Å²) in [6.07, 6.45) is 0. The minimum absolute atomic E-state index is 1.83. The fraction of sp³-hybridized carbons (Fsp3) is 0. The third-order valence-electron chi connectivity index (χ3n) is 0.192. The summed E-state index contributed by atoms with van der Waals surface area (Å²) < 4.78 is 18.1. The second-order valence-electron chi connectivity index (χ2n) is 0.486. The summed E-state index contributed by atoms with van der Waals surface area (Å²) in [5.74, 6) is 0. The minimum atomic E-state index is -2.19. The van der Waals surface area contributed by atoms with E-state index in [1.807, 2.05) is 18.9 Å². The Hall–Kier alpha value is 0.477. The molecule has 0 amide bonds. The van der Waals surface area contributed by atoms with Gasteiger partial charge in [-0.25, -0.2) is 0 Å². The van der Waals surface area contributed by atoms with Crippen molar-refractivity contribution in [1.29, 1.82) is 0 Å². The van der Waals surface area contributed by atoms with Gasteiger partial charge in [-0.15, -0.1) is 0 Å². The normalized spacial score (nSPS) is 7.00. The molecule has 0 aromatic heterocycles. The summed E-state index contributed by atoms with van der Waals surface area (Å²) >= 11 is 0. The standard InChI is InChI=1S/H4O3P2Si/c1-6(2-4)3-5/h4-5H2. The van der Waals surface area contributed by atoms with Gasteiger partial charge in [0.2, 0.25) is 0 Å². The second-order valence-corrected chi connectivity index (χ2v) is 2.87. The molecule has 0 aliphatic rings. The van der Waals surface area contributed by atoms with E-state index in [2.05, 4.69) is 8.43 Å². The Bertz CT molecular complexity index is 46.8. The van der Waals surface area contributed by atoms with Gasteiger partial charge in [0, 0.05) is 18.9 Å². The van der Waals surface area contributed by atoms with E-state index < -0.39 is 9.17 Å². The lowest BCUT2D eigenvalue weighted by molar-refractivity contribution is 0.391. The maximum absolute atomic E-state index is 9.88. The van der Waals surface area contributed by atoms with Crippen LogP contribution in [-0.4, -0.2) is 9.17 Å². The van der Waals surface area contributed by atoms with Crippen LogP contribution in [-0.2, 0) is 12.9 Å². The van der Waals surface area contributed by atoms with Crippen LogP contribution in [0.5, 0.6) is 0 Å². The van der Waals surface area contributed by atoms with Crippen LogP contribution in [0.3, 0.4) is 0 Å². The molecule has 6 heteroatoms.